The molecule has 3 aliphatic heterocycles. The Balaban J connectivity index is 1.30. The summed E-state index contributed by atoms with van der Waals surface area (Å²) >= 11 is 0. The molecular formula is C24H33F3N4O5S. The van der Waals surface area contributed by atoms with Crippen molar-refractivity contribution in [3.63, 3.8) is 0 Å². The molecule has 0 aromatic heterocycles. The molecule has 4 rings (SSSR count). The van der Waals surface area contributed by atoms with Gasteiger partial charge in [0.2, 0.25) is 5.91 Å². The van der Waals surface area contributed by atoms with Crippen molar-refractivity contribution in [2.45, 2.75) is 50.9 Å². The molecule has 0 spiro atoms. The lowest BCUT2D eigenvalue weighted by atomic mass is 9.97. The van der Waals surface area contributed by atoms with Gasteiger partial charge in [-0.25, -0.2) is 0 Å². The van der Waals surface area contributed by atoms with Crippen LogP contribution in [0.1, 0.15) is 43.2 Å². The molecule has 0 aliphatic carbocycles. The maximum atomic E-state index is 13.4. The fourth-order valence-electron chi connectivity index (χ4n) is 5.13. The molecule has 0 bridgehead atoms. The molecule has 1 aromatic carbocycles. The maximum absolute atomic E-state index is 13.4. The van der Waals surface area contributed by atoms with Crippen LogP contribution in [-0.4, -0.2) is 85.7 Å². The highest BCUT2D eigenvalue weighted by Crippen LogP contribution is 2.29. The zero-order chi connectivity index (χ0) is 26.6. The van der Waals surface area contributed by atoms with E-state index in [1.807, 2.05) is 0 Å². The van der Waals surface area contributed by atoms with Crippen LogP contribution < -0.4 is 5.32 Å². The first kappa shape index (κ1) is 28.0. The van der Waals surface area contributed by atoms with Crippen molar-refractivity contribution in [2.75, 3.05) is 46.1 Å². The fraction of sp³-hybridized carbons (Fsp3) is 0.667. The molecule has 0 saturated carbocycles. The number of carbonyl (C=O) groups excluding carboxylic acids is 2. The highest BCUT2D eigenvalue weighted by molar-refractivity contribution is 7.86. The number of nitrogens with one attached hydrogen (secondary N) is 1. The summed E-state index contributed by atoms with van der Waals surface area (Å²) in [5, 5.41) is 2.97. The summed E-state index contributed by atoms with van der Waals surface area (Å²) in [6.45, 7) is 2.00. The molecule has 1 aromatic rings. The standard InChI is InChI=1S/C24H33F3N4O5S/c25-24(26,27)20-8-6-18(7-9-20)14-28-15-22(32)21-5-2-12-31(21)23(33)19-4-1-10-29(16-19)37(34,35)30-11-3-13-36-17-30/h6-9,19,21,28H,1-5,10-17H2/t19-,21+/m0/s1. The third kappa shape index (κ3) is 6.69. The molecular weight excluding hydrogens is 513 g/mol. The van der Waals surface area contributed by atoms with Gasteiger partial charge in [-0.1, -0.05) is 12.1 Å². The van der Waals surface area contributed by atoms with Crippen molar-refractivity contribution >= 4 is 21.9 Å². The molecule has 0 radical (unpaired) electrons. The monoisotopic (exact) mass is 546 g/mol. The second kappa shape index (κ2) is 11.8. The summed E-state index contributed by atoms with van der Waals surface area (Å²) in [6, 6.07) is 4.15. The van der Waals surface area contributed by atoms with E-state index in [1.165, 1.54) is 20.7 Å². The van der Waals surface area contributed by atoms with Gasteiger partial charge in [0.05, 0.1) is 24.1 Å². The lowest BCUT2D eigenvalue weighted by Gasteiger charge is -2.37. The second-order valence-corrected chi connectivity index (χ2v) is 11.7. The van der Waals surface area contributed by atoms with Gasteiger partial charge in [-0.05, 0) is 49.8 Å². The first-order valence-corrected chi connectivity index (χ1v) is 14.0. The van der Waals surface area contributed by atoms with Crippen molar-refractivity contribution in [3.8, 4) is 0 Å². The number of hydrogen-bond acceptors (Lipinski definition) is 6. The number of rotatable bonds is 8. The number of carbonyl (C=O) groups is 2. The van der Waals surface area contributed by atoms with E-state index in [0.717, 1.165) is 12.1 Å². The lowest BCUT2D eigenvalue weighted by molar-refractivity contribution is -0.141. The Morgan fingerprint density at radius 3 is 2.38 bits per heavy atom. The van der Waals surface area contributed by atoms with Crippen LogP contribution in [0.4, 0.5) is 13.2 Å². The minimum atomic E-state index is -4.40. The first-order chi connectivity index (χ1) is 17.6. The number of likely N-dealkylation sites (tertiary alicyclic amines) is 1. The Labute approximate surface area is 215 Å². The van der Waals surface area contributed by atoms with Crippen LogP contribution in [0.25, 0.3) is 0 Å². The van der Waals surface area contributed by atoms with E-state index >= 15 is 0 Å². The number of halogens is 3. The van der Waals surface area contributed by atoms with Crippen LogP contribution in [0.5, 0.6) is 0 Å². The van der Waals surface area contributed by atoms with Gasteiger partial charge in [-0.3, -0.25) is 9.59 Å². The Hall–Kier alpha value is -2.06. The van der Waals surface area contributed by atoms with E-state index in [1.54, 1.807) is 4.90 Å². The van der Waals surface area contributed by atoms with Gasteiger partial charge in [0.15, 0.2) is 5.78 Å². The van der Waals surface area contributed by atoms with Crippen molar-refractivity contribution in [2.24, 2.45) is 5.92 Å². The molecule has 1 amide bonds. The number of hydrogen-bond donors (Lipinski definition) is 1. The van der Waals surface area contributed by atoms with Gasteiger partial charge < -0.3 is 15.0 Å². The first-order valence-electron chi connectivity index (χ1n) is 12.6. The molecule has 3 aliphatic rings. The van der Waals surface area contributed by atoms with Gasteiger partial charge in [0.25, 0.3) is 10.2 Å². The van der Waals surface area contributed by atoms with Crippen LogP contribution >= 0.6 is 0 Å². The lowest BCUT2D eigenvalue weighted by Crippen LogP contribution is -2.53. The molecule has 2 atom stereocenters. The summed E-state index contributed by atoms with van der Waals surface area (Å²) in [7, 11) is -3.72. The molecule has 206 valence electrons. The summed E-state index contributed by atoms with van der Waals surface area (Å²) in [4.78, 5) is 27.9. The van der Waals surface area contributed by atoms with Crippen LogP contribution in [0, 0.1) is 5.92 Å². The predicted molar refractivity (Wildman–Crippen MR) is 128 cm³/mol. The smallest absolute Gasteiger partial charge is 0.365 e. The van der Waals surface area contributed by atoms with Crippen molar-refractivity contribution < 1.29 is 35.9 Å². The molecule has 3 heterocycles. The van der Waals surface area contributed by atoms with Crippen molar-refractivity contribution in [1.29, 1.82) is 0 Å². The van der Waals surface area contributed by atoms with Crippen LogP contribution in [0.15, 0.2) is 24.3 Å². The average molecular weight is 547 g/mol. The number of nitrogens with zero attached hydrogens (tertiary/aromatic N) is 3. The molecule has 3 fully saturated rings. The Morgan fingerprint density at radius 2 is 1.70 bits per heavy atom. The zero-order valence-electron chi connectivity index (χ0n) is 20.6. The van der Waals surface area contributed by atoms with E-state index in [-0.39, 0.29) is 38.1 Å². The molecule has 3 saturated heterocycles. The summed E-state index contributed by atoms with van der Waals surface area (Å²) < 4.78 is 72.2. The van der Waals surface area contributed by atoms with Gasteiger partial charge in [-0.15, -0.1) is 0 Å². The minimum Gasteiger partial charge on any atom is -0.365 e. The van der Waals surface area contributed by atoms with Crippen LogP contribution in [-0.2, 0) is 37.3 Å². The number of piperidine rings is 1. The van der Waals surface area contributed by atoms with Gasteiger partial charge in [-0.2, -0.15) is 30.2 Å². The van der Waals surface area contributed by atoms with E-state index < -0.39 is 33.9 Å². The Morgan fingerprint density at radius 1 is 1.00 bits per heavy atom. The van der Waals surface area contributed by atoms with E-state index in [2.05, 4.69) is 5.32 Å². The zero-order valence-corrected chi connectivity index (χ0v) is 21.4. The number of benzene rings is 1. The number of Topliss-reactive ketones (excluding diaryl/α,β-unsaturated/α-hetero) is 1. The van der Waals surface area contributed by atoms with Crippen LogP contribution in [0.2, 0.25) is 0 Å². The summed E-state index contributed by atoms with van der Waals surface area (Å²) in [6.07, 6.45) is -1.44. The topological polar surface area (TPSA) is 99.3 Å². The van der Waals surface area contributed by atoms with Gasteiger partial charge >= 0.3 is 6.18 Å². The fourth-order valence-corrected chi connectivity index (χ4v) is 6.75. The van der Waals surface area contributed by atoms with E-state index in [9.17, 15) is 31.2 Å². The molecule has 13 heteroatoms. The normalized spacial score (nSPS) is 24.4. The molecule has 37 heavy (non-hydrogen) atoms. The third-order valence-electron chi connectivity index (χ3n) is 7.13. The van der Waals surface area contributed by atoms with E-state index in [4.69, 9.17) is 4.74 Å². The maximum Gasteiger partial charge on any atom is 0.416 e. The summed E-state index contributed by atoms with van der Waals surface area (Å²) in [5.74, 6) is -0.875. The quantitative estimate of drug-likeness (QED) is 0.536. The molecule has 1 N–H and O–H groups in total. The highest BCUT2D eigenvalue weighted by Gasteiger charge is 2.41. The molecule has 9 nitrogen and oxygen atoms in total. The number of alkyl halides is 3. The summed E-state index contributed by atoms with van der Waals surface area (Å²) in [5.41, 5.74) is -0.117. The largest absolute Gasteiger partial charge is 0.416 e. The van der Waals surface area contributed by atoms with Gasteiger partial charge in [0.1, 0.15) is 6.73 Å². The van der Waals surface area contributed by atoms with Crippen LogP contribution in [0.3, 0.4) is 0 Å². The highest BCUT2D eigenvalue weighted by atomic mass is 32.2. The number of ether oxygens (including phenoxy) is 1. The second-order valence-electron chi connectivity index (χ2n) is 9.73. The Kier molecular flexibility index (Phi) is 8.89. The number of ketones is 1. The SMILES string of the molecule is O=C(CNCc1ccc(C(F)(F)F)cc1)[C@H]1CCCN1C(=O)[C@H]1CCCN(S(=O)(=O)N2CCCOC2)C1. The third-order valence-corrected chi connectivity index (χ3v) is 9.06. The van der Waals surface area contributed by atoms with Gasteiger partial charge in [0, 0.05) is 39.3 Å². The van der Waals surface area contributed by atoms with Crippen molar-refractivity contribution in [3.05, 3.63) is 35.4 Å². The number of amides is 1. The minimum absolute atomic E-state index is 0.0135. The Bertz CT molecular complexity index is 1060. The predicted octanol–water partition coefficient (Wildman–Crippen LogP) is 1.99. The van der Waals surface area contributed by atoms with E-state index in [0.29, 0.717) is 63.9 Å². The van der Waals surface area contributed by atoms with Crippen molar-refractivity contribution in [1.82, 2.24) is 18.8 Å². The average Bonchev–Trinajstić information content (AvgIpc) is 3.39. The molecule has 0 unspecified atom stereocenters.